The van der Waals surface area contributed by atoms with E-state index in [0.717, 1.165) is 25.8 Å². The van der Waals surface area contributed by atoms with Gasteiger partial charge in [-0.2, -0.15) is 0 Å². The Hall–Kier alpha value is -1.78. The summed E-state index contributed by atoms with van der Waals surface area (Å²) in [7, 11) is 0. The summed E-state index contributed by atoms with van der Waals surface area (Å²) in [6.07, 6.45) is 1.82. The van der Waals surface area contributed by atoms with E-state index < -0.39 is 0 Å². The summed E-state index contributed by atoms with van der Waals surface area (Å²) >= 11 is 5.10. The normalized spacial score (nSPS) is 10.3. The lowest BCUT2D eigenvalue weighted by Crippen LogP contribution is -1.93. The van der Waals surface area contributed by atoms with Crippen molar-refractivity contribution in [2.45, 2.75) is 9.92 Å². The number of hydrogen-bond acceptors (Lipinski definition) is 3. The van der Waals surface area contributed by atoms with Crippen molar-refractivity contribution >= 4 is 39.1 Å². The lowest BCUT2D eigenvalue weighted by molar-refractivity contribution is 1.13. The maximum atomic E-state index is 4.48. The Labute approximate surface area is 136 Å². The van der Waals surface area contributed by atoms with Gasteiger partial charge in [0.05, 0.1) is 5.69 Å². The van der Waals surface area contributed by atoms with E-state index in [1.807, 2.05) is 60.8 Å². The van der Waals surface area contributed by atoms with Crippen LogP contribution < -0.4 is 5.32 Å². The van der Waals surface area contributed by atoms with Gasteiger partial charge in [0.25, 0.3) is 0 Å². The average Bonchev–Trinajstić information content (AvgIpc) is 2.52. The second-order valence-electron chi connectivity index (χ2n) is 4.40. The summed E-state index contributed by atoms with van der Waals surface area (Å²) in [6.45, 7) is 0. The molecule has 3 aromatic rings. The molecule has 104 valence electrons. The maximum absolute atomic E-state index is 4.48. The van der Waals surface area contributed by atoms with Gasteiger partial charge in [-0.05, 0) is 48.5 Å². The number of halogens is 1. The Bertz CT molecular complexity index is 714. The zero-order valence-electron chi connectivity index (χ0n) is 11.2. The molecule has 4 heteroatoms. The standard InChI is InChI=1S/C17H13BrN2S/c18-13-8-10-15(11-9-13)21-17-16(7-4-12-19-17)20-14-5-2-1-3-6-14/h1-12,20H. The van der Waals surface area contributed by atoms with E-state index in [4.69, 9.17) is 0 Å². The molecular formula is C17H13BrN2S. The van der Waals surface area contributed by atoms with Gasteiger partial charge in [-0.25, -0.2) is 4.98 Å². The molecule has 1 aromatic heterocycles. The maximum Gasteiger partial charge on any atom is 0.124 e. The second kappa shape index (κ2) is 6.78. The highest BCUT2D eigenvalue weighted by Crippen LogP contribution is 2.33. The third-order valence-electron chi connectivity index (χ3n) is 2.85. The van der Waals surface area contributed by atoms with Crippen molar-refractivity contribution in [1.29, 1.82) is 0 Å². The summed E-state index contributed by atoms with van der Waals surface area (Å²) in [6, 6.07) is 22.3. The number of pyridine rings is 1. The molecule has 0 aliphatic carbocycles. The number of para-hydroxylation sites is 1. The van der Waals surface area contributed by atoms with E-state index in [-0.39, 0.29) is 0 Å². The monoisotopic (exact) mass is 356 g/mol. The summed E-state index contributed by atoms with van der Waals surface area (Å²) in [4.78, 5) is 5.64. The Morgan fingerprint density at radius 1 is 0.857 bits per heavy atom. The minimum atomic E-state index is 0.962. The molecule has 2 aromatic carbocycles. The minimum absolute atomic E-state index is 0.962. The average molecular weight is 357 g/mol. The van der Waals surface area contributed by atoms with Crippen LogP contribution in [0.4, 0.5) is 11.4 Å². The Balaban J connectivity index is 1.84. The highest BCUT2D eigenvalue weighted by molar-refractivity contribution is 9.10. The molecular weight excluding hydrogens is 344 g/mol. The number of rotatable bonds is 4. The lowest BCUT2D eigenvalue weighted by Gasteiger charge is -2.10. The van der Waals surface area contributed by atoms with Crippen molar-refractivity contribution in [2.24, 2.45) is 0 Å². The summed E-state index contributed by atoms with van der Waals surface area (Å²) in [5.74, 6) is 0. The molecule has 0 spiro atoms. The molecule has 3 rings (SSSR count). The Morgan fingerprint density at radius 2 is 1.62 bits per heavy atom. The number of hydrogen-bond donors (Lipinski definition) is 1. The predicted molar refractivity (Wildman–Crippen MR) is 92.2 cm³/mol. The number of benzene rings is 2. The molecule has 0 amide bonds. The van der Waals surface area contributed by atoms with Crippen LogP contribution in [0, 0.1) is 0 Å². The van der Waals surface area contributed by atoms with Gasteiger partial charge >= 0.3 is 0 Å². The Kier molecular flexibility index (Phi) is 4.58. The van der Waals surface area contributed by atoms with Crippen LogP contribution in [0.25, 0.3) is 0 Å². The second-order valence-corrected chi connectivity index (χ2v) is 6.38. The largest absolute Gasteiger partial charge is 0.353 e. The number of anilines is 2. The van der Waals surface area contributed by atoms with E-state index >= 15 is 0 Å². The highest BCUT2D eigenvalue weighted by Gasteiger charge is 2.06. The smallest absolute Gasteiger partial charge is 0.124 e. The van der Waals surface area contributed by atoms with Gasteiger partial charge in [0.15, 0.2) is 0 Å². The molecule has 0 bridgehead atoms. The fraction of sp³-hybridized carbons (Fsp3) is 0. The van der Waals surface area contributed by atoms with Crippen molar-refractivity contribution in [2.75, 3.05) is 5.32 Å². The first kappa shape index (κ1) is 14.2. The third kappa shape index (κ3) is 3.86. The fourth-order valence-corrected chi connectivity index (χ4v) is 2.96. The zero-order valence-corrected chi connectivity index (χ0v) is 13.6. The molecule has 1 heterocycles. The molecule has 21 heavy (non-hydrogen) atoms. The van der Waals surface area contributed by atoms with Gasteiger partial charge in [-0.1, -0.05) is 45.9 Å². The van der Waals surface area contributed by atoms with Crippen LogP contribution in [-0.4, -0.2) is 4.98 Å². The molecule has 0 saturated heterocycles. The predicted octanol–water partition coefficient (Wildman–Crippen LogP) is 5.74. The molecule has 0 fully saturated rings. The number of nitrogens with zero attached hydrogens (tertiary/aromatic N) is 1. The van der Waals surface area contributed by atoms with Crippen LogP contribution in [0.15, 0.2) is 87.3 Å². The van der Waals surface area contributed by atoms with E-state index in [2.05, 4.69) is 38.4 Å². The van der Waals surface area contributed by atoms with Crippen LogP contribution in [-0.2, 0) is 0 Å². The molecule has 1 N–H and O–H groups in total. The lowest BCUT2D eigenvalue weighted by atomic mass is 10.3. The van der Waals surface area contributed by atoms with Crippen molar-refractivity contribution in [3.05, 3.63) is 77.4 Å². The molecule has 0 saturated carbocycles. The van der Waals surface area contributed by atoms with Crippen molar-refractivity contribution < 1.29 is 0 Å². The van der Waals surface area contributed by atoms with Crippen LogP contribution in [0.2, 0.25) is 0 Å². The zero-order chi connectivity index (χ0) is 14.5. The number of aromatic nitrogens is 1. The molecule has 0 aliphatic heterocycles. The first-order valence-corrected chi connectivity index (χ1v) is 8.13. The van der Waals surface area contributed by atoms with Gasteiger partial charge in [-0.3, -0.25) is 0 Å². The van der Waals surface area contributed by atoms with Crippen LogP contribution >= 0.6 is 27.7 Å². The van der Waals surface area contributed by atoms with Crippen LogP contribution in [0.3, 0.4) is 0 Å². The van der Waals surface area contributed by atoms with Gasteiger partial charge < -0.3 is 5.32 Å². The fourth-order valence-electron chi connectivity index (χ4n) is 1.86. The third-order valence-corrected chi connectivity index (χ3v) is 4.41. The molecule has 0 aliphatic rings. The summed E-state index contributed by atoms with van der Waals surface area (Å²) in [5.41, 5.74) is 2.07. The topological polar surface area (TPSA) is 24.9 Å². The van der Waals surface area contributed by atoms with E-state index in [9.17, 15) is 0 Å². The summed E-state index contributed by atoms with van der Waals surface area (Å²) < 4.78 is 1.08. The molecule has 0 radical (unpaired) electrons. The van der Waals surface area contributed by atoms with Crippen molar-refractivity contribution in [3.8, 4) is 0 Å². The van der Waals surface area contributed by atoms with E-state index in [0.29, 0.717) is 0 Å². The SMILES string of the molecule is Brc1ccc(Sc2ncccc2Nc2ccccc2)cc1. The molecule has 0 atom stereocenters. The minimum Gasteiger partial charge on any atom is -0.353 e. The van der Waals surface area contributed by atoms with Crippen molar-refractivity contribution in [1.82, 2.24) is 4.98 Å². The highest BCUT2D eigenvalue weighted by atomic mass is 79.9. The van der Waals surface area contributed by atoms with Gasteiger partial charge in [-0.15, -0.1) is 0 Å². The van der Waals surface area contributed by atoms with Crippen LogP contribution in [0.1, 0.15) is 0 Å². The summed E-state index contributed by atoms with van der Waals surface area (Å²) in [5, 5.41) is 4.37. The first-order chi connectivity index (χ1) is 10.3. The molecule has 2 nitrogen and oxygen atoms in total. The van der Waals surface area contributed by atoms with Crippen molar-refractivity contribution in [3.63, 3.8) is 0 Å². The van der Waals surface area contributed by atoms with E-state index in [1.54, 1.807) is 11.8 Å². The van der Waals surface area contributed by atoms with Gasteiger partial charge in [0, 0.05) is 21.3 Å². The molecule has 0 unspecified atom stereocenters. The quantitative estimate of drug-likeness (QED) is 0.645. The Morgan fingerprint density at radius 3 is 2.38 bits per heavy atom. The number of nitrogens with one attached hydrogen (secondary N) is 1. The van der Waals surface area contributed by atoms with Gasteiger partial charge in [0.2, 0.25) is 0 Å². The van der Waals surface area contributed by atoms with E-state index in [1.165, 1.54) is 0 Å². The van der Waals surface area contributed by atoms with Crippen LogP contribution in [0.5, 0.6) is 0 Å². The first-order valence-electron chi connectivity index (χ1n) is 6.52. The van der Waals surface area contributed by atoms with Gasteiger partial charge in [0.1, 0.15) is 5.03 Å².